The number of rotatable bonds is 9. The Labute approximate surface area is 165 Å². The van der Waals surface area contributed by atoms with Gasteiger partial charge in [-0.2, -0.15) is 4.68 Å². The van der Waals surface area contributed by atoms with Gasteiger partial charge < -0.3 is 10.1 Å². The second-order valence-electron chi connectivity index (χ2n) is 5.37. The average Bonchev–Trinajstić information content (AvgIpc) is 3.19. The highest BCUT2D eigenvalue weighted by Crippen LogP contribution is 2.20. The van der Waals surface area contributed by atoms with Gasteiger partial charge in [0.15, 0.2) is 0 Å². The van der Waals surface area contributed by atoms with E-state index in [0.29, 0.717) is 11.7 Å². The van der Waals surface area contributed by atoms with Crippen molar-refractivity contribution in [3.05, 3.63) is 54.6 Å². The number of nitrogens with one attached hydrogen (secondary N) is 1. The van der Waals surface area contributed by atoms with Crippen LogP contribution in [0.25, 0.3) is 5.69 Å². The third-order valence-electron chi connectivity index (χ3n) is 3.53. The van der Waals surface area contributed by atoms with Crippen LogP contribution in [0.1, 0.15) is 0 Å². The highest BCUT2D eigenvalue weighted by Gasteiger charge is 2.11. The second-order valence-corrected chi connectivity index (χ2v) is 7.48. The number of hydrogen-bond donors (Lipinski definition) is 1. The van der Waals surface area contributed by atoms with Gasteiger partial charge in [-0.1, -0.05) is 30.0 Å². The zero-order valence-corrected chi connectivity index (χ0v) is 16.4. The summed E-state index contributed by atoms with van der Waals surface area (Å²) < 4.78 is 6.75. The molecule has 140 valence electrons. The number of methoxy groups -OCH3 is 1. The molecule has 0 radical (unpaired) electrons. The van der Waals surface area contributed by atoms with Crippen LogP contribution in [0.3, 0.4) is 0 Å². The van der Waals surface area contributed by atoms with Gasteiger partial charge in [0.2, 0.25) is 11.1 Å². The van der Waals surface area contributed by atoms with Crippen molar-refractivity contribution in [2.24, 2.45) is 0 Å². The molecule has 1 N–H and O–H groups in total. The van der Waals surface area contributed by atoms with E-state index in [1.807, 2.05) is 42.5 Å². The van der Waals surface area contributed by atoms with Gasteiger partial charge in [0, 0.05) is 17.2 Å². The quantitative estimate of drug-likeness (QED) is 0.436. The first-order chi connectivity index (χ1) is 13.3. The summed E-state index contributed by atoms with van der Waals surface area (Å²) >= 11 is 3.01. The lowest BCUT2D eigenvalue weighted by molar-refractivity contribution is -0.118. The van der Waals surface area contributed by atoms with Crippen molar-refractivity contribution in [2.75, 3.05) is 25.2 Å². The van der Waals surface area contributed by atoms with Crippen LogP contribution in [0.2, 0.25) is 0 Å². The molecule has 0 saturated heterocycles. The summed E-state index contributed by atoms with van der Waals surface area (Å²) in [7, 11) is 1.62. The normalized spacial score (nSPS) is 10.6. The predicted octanol–water partition coefficient (Wildman–Crippen LogP) is 2.67. The minimum atomic E-state index is -0.0436. The van der Waals surface area contributed by atoms with Gasteiger partial charge in [0.1, 0.15) is 5.75 Å². The first-order valence-electron chi connectivity index (χ1n) is 8.26. The maximum atomic E-state index is 12.0. The molecule has 0 aliphatic rings. The van der Waals surface area contributed by atoms with E-state index in [1.165, 1.54) is 16.7 Å². The number of carbonyl (C=O) groups is 1. The first kappa shape index (κ1) is 19.2. The van der Waals surface area contributed by atoms with Crippen molar-refractivity contribution in [3.8, 4) is 11.4 Å². The van der Waals surface area contributed by atoms with Crippen LogP contribution in [0.4, 0.5) is 0 Å². The van der Waals surface area contributed by atoms with E-state index in [2.05, 4.69) is 33.0 Å². The van der Waals surface area contributed by atoms with Gasteiger partial charge in [0.25, 0.3) is 0 Å². The van der Waals surface area contributed by atoms with Crippen LogP contribution < -0.4 is 10.1 Å². The molecule has 3 aromatic rings. The van der Waals surface area contributed by atoms with Gasteiger partial charge in [-0.15, -0.1) is 16.9 Å². The minimum Gasteiger partial charge on any atom is -0.497 e. The van der Waals surface area contributed by atoms with Crippen molar-refractivity contribution in [2.45, 2.75) is 10.1 Å². The van der Waals surface area contributed by atoms with E-state index in [4.69, 9.17) is 4.74 Å². The molecule has 0 unspecified atom stereocenters. The lowest BCUT2D eigenvalue weighted by atomic mass is 10.3. The summed E-state index contributed by atoms with van der Waals surface area (Å²) in [6.45, 7) is 0.613. The maximum Gasteiger partial charge on any atom is 0.230 e. The molecule has 0 spiro atoms. The maximum absolute atomic E-state index is 12.0. The fraction of sp³-hybridized carbons (Fsp3) is 0.222. The van der Waals surface area contributed by atoms with E-state index in [1.54, 1.807) is 23.6 Å². The van der Waals surface area contributed by atoms with Gasteiger partial charge in [0.05, 0.1) is 18.6 Å². The molecule has 0 fully saturated rings. The molecule has 7 nitrogen and oxygen atoms in total. The molecule has 0 saturated carbocycles. The number of nitrogens with zero attached hydrogens (tertiary/aromatic N) is 4. The molecule has 3 rings (SSSR count). The molecule has 0 aliphatic heterocycles. The zero-order chi connectivity index (χ0) is 18.9. The highest BCUT2D eigenvalue weighted by molar-refractivity contribution is 7.99. The van der Waals surface area contributed by atoms with E-state index < -0.39 is 0 Å². The fourth-order valence-electron chi connectivity index (χ4n) is 2.21. The molecule has 1 amide bonds. The van der Waals surface area contributed by atoms with Gasteiger partial charge in [-0.3, -0.25) is 4.79 Å². The number of carbonyl (C=O) groups excluding carboxylic acids is 1. The molecule has 0 aliphatic carbocycles. The highest BCUT2D eigenvalue weighted by atomic mass is 32.2. The molecule has 1 heterocycles. The minimum absolute atomic E-state index is 0.0436. The van der Waals surface area contributed by atoms with Crippen LogP contribution in [-0.4, -0.2) is 51.3 Å². The number of tetrazole rings is 1. The molecule has 2 aromatic carbocycles. The van der Waals surface area contributed by atoms with Crippen molar-refractivity contribution < 1.29 is 9.53 Å². The predicted molar refractivity (Wildman–Crippen MR) is 107 cm³/mol. The smallest absolute Gasteiger partial charge is 0.230 e. The van der Waals surface area contributed by atoms with Gasteiger partial charge >= 0.3 is 0 Å². The number of thioether (sulfide) groups is 2. The Morgan fingerprint density at radius 2 is 1.89 bits per heavy atom. The summed E-state index contributed by atoms with van der Waals surface area (Å²) in [6, 6.07) is 17.5. The summed E-state index contributed by atoms with van der Waals surface area (Å²) in [5, 5.41) is 15.2. The van der Waals surface area contributed by atoms with Crippen molar-refractivity contribution in [1.29, 1.82) is 0 Å². The van der Waals surface area contributed by atoms with E-state index in [9.17, 15) is 4.79 Å². The summed E-state index contributed by atoms with van der Waals surface area (Å²) in [6.07, 6.45) is 0. The third kappa shape index (κ3) is 5.73. The monoisotopic (exact) mass is 401 g/mol. The Bertz CT molecular complexity index is 856. The Balaban J connectivity index is 1.44. The Kier molecular flexibility index (Phi) is 7.11. The van der Waals surface area contributed by atoms with E-state index in [-0.39, 0.29) is 11.7 Å². The summed E-state index contributed by atoms with van der Waals surface area (Å²) in [4.78, 5) is 13.2. The number of benzene rings is 2. The SMILES string of the molecule is COc1ccc(-n2nnnc2SCC(=O)NCCSc2ccccc2)cc1. The van der Waals surface area contributed by atoms with Gasteiger partial charge in [-0.05, 0) is 46.8 Å². The van der Waals surface area contributed by atoms with E-state index in [0.717, 1.165) is 17.2 Å². The van der Waals surface area contributed by atoms with Crippen molar-refractivity contribution in [3.63, 3.8) is 0 Å². The molecular weight excluding hydrogens is 382 g/mol. The van der Waals surface area contributed by atoms with E-state index >= 15 is 0 Å². The number of aromatic nitrogens is 4. The Morgan fingerprint density at radius 1 is 1.11 bits per heavy atom. The summed E-state index contributed by atoms with van der Waals surface area (Å²) in [5.74, 6) is 1.79. The van der Waals surface area contributed by atoms with Crippen LogP contribution in [0.5, 0.6) is 5.75 Å². The average molecular weight is 402 g/mol. The summed E-state index contributed by atoms with van der Waals surface area (Å²) in [5.41, 5.74) is 0.808. The molecular formula is C18H19N5O2S2. The zero-order valence-electron chi connectivity index (χ0n) is 14.7. The van der Waals surface area contributed by atoms with Crippen LogP contribution in [-0.2, 0) is 4.79 Å². The lowest BCUT2D eigenvalue weighted by Crippen LogP contribution is -2.27. The number of ether oxygens (including phenoxy) is 1. The number of hydrogen-bond acceptors (Lipinski definition) is 7. The Hall–Kier alpha value is -2.52. The van der Waals surface area contributed by atoms with Crippen LogP contribution in [0, 0.1) is 0 Å². The standard InChI is InChI=1S/C18H19N5O2S2/c1-25-15-9-7-14(8-10-15)23-18(20-21-22-23)27-13-17(24)19-11-12-26-16-5-3-2-4-6-16/h2-10H,11-13H2,1H3,(H,19,24). The molecule has 1 aromatic heterocycles. The van der Waals surface area contributed by atoms with Crippen LogP contribution >= 0.6 is 23.5 Å². The lowest BCUT2D eigenvalue weighted by Gasteiger charge is -2.06. The first-order valence-corrected chi connectivity index (χ1v) is 10.2. The van der Waals surface area contributed by atoms with Crippen molar-refractivity contribution in [1.82, 2.24) is 25.5 Å². The molecule has 9 heteroatoms. The molecule has 0 bridgehead atoms. The second kappa shape index (κ2) is 9.98. The third-order valence-corrected chi connectivity index (χ3v) is 5.46. The topological polar surface area (TPSA) is 81.9 Å². The van der Waals surface area contributed by atoms with Gasteiger partial charge in [-0.25, -0.2) is 0 Å². The largest absolute Gasteiger partial charge is 0.497 e. The Morgan fingerprint density at radius 3 is 2.63 bits per heavy atom. The van der Waals surface area contributed by atoms with Crippen molar-refractivity contribution >= 4 is 29.4 Å². The molecule has 27 heavy (non-hydrogen) atoms. The molecule has 0 atom stereocenters. The van der Waals surface area contributed by atoms with Crippen LogP contribution in [0.15, 0.2) is 64.6 Å². The fourth-order valence-corrected chi connectivity index (χ4v) is 3.72. The number of amides is 1.